The summed E-state index contributed by atoms with van der Waals surface area (Å²) in [5.41, 5.74) is -0.00519. The molecule has 76 valence electrons. The maximum atomic E-state index is 13.4. The topological polar surface area (TPSA) is 17.1 Å². The highest BCUT2D eigenvalue weighted by atomic mass is 35.5. The highest BCUT2D eigenvalue weighted by Crippen LogP contribution is 2.28. The van der Waals surface area contributed by atoms with Gasteiger partial charge in [-0.05, 0) is 12.1 Å². The van der Waals surface area contributed by atoms with E-state index in [1.165, 1.54) is 12.1 Å². The van der Waals surface area contributed by atoms with Crippen LogP contribution in [0.1, 0.15) is 24.2 Å². The van der Waals surface area contributed by atoms with Crippen LogP contribution in [0.4, 0.5) is 4.39 Å². The zero-order valence-corrected chi connectivity index (χ0v) is 9.29. The van der Waals surface area contributed by atoms with Gasteiger partial charge in [0.1, 0.15) is 0 Å². The molecule has 4 heteroatoms. The highest BCUT2D eigenvalue weighted by molar-refractivity contribution is 6.42. The van der Waals surface area contributed by atoms with Crippen LogP contribution < -0.4 is 0 Å². The molecule has 0 aliphatic carbocycles. The monoisotopic (exact) mass is 234 g/mol. The number of Topliss-reactive ketones (excluding diaryl/α,β-unsaturated/α-hetero) is 1. The Labute approximate surface area is 91.8 Å². The molecule has 1 nitrogen and oxygen atoms in total. The minimum Gasteiger partial charge on any atom is -0.294 e. The summed E-state index contributed by atoms with van der Waals surface area (Å²) in [7, 11) is 0. The summed E-state index contributed by atoms with van der Waals surface area (Å²) in [6.07, 6.45) is 0. The second-order valence-electron chi connectivity index (χ2n) is 3.24. The van der Waals surface area contributed by atoms with Gasteiger partial charge in [-0.2, -0.15) is 0 Å². The Kier molecular flexibility index (Phi) is 3.51. The number of hydrogen-bond acceptors (Lipinski definition) is 1. The lowest BCUT2D eigenvalue weighted by molar-refractivity contribution is 0.0935. The van der Waals surface area contributed by atoms with Crippen LogP contribution in [-0.2, 0) is 0 Å². The average molecular weight is 235 g/mol. The average Bonchev–Trinajstić information content (AvgIpc) is 2.13. The molecule has 0 saturated heterocycles. The standard InChI is InChI=1S/C10H9Cl2FO/c1-5(2)10(14)6-3-4-7(11)8(12)9(6)13/h3-5H,1-2H3. The molecule has 0 unspecified atom stereocenters. The van der Waals surface area contributed by atoms with Crippen molar-refractivity contribution in [3.05, 3.63) is 33.6 Å². The van der Waals surface area contributed by atoms with Crippen molar-refractivity contribution in [3.8, 4) is 0 Å². The maximum absolute atomic E-state index is 13.4. The van der Waals surface area contributed by atoms with Gasteiger partial charge in [0.05, 0.1) is 15.6 Å². The number of halogens is 3. The fourth-order valence-corrected chi connectivity index (χ4v) is 1.34. The van der Waals surface area contributed by atoms with Crippen LogP contribution in [0.3, 0.4) is 0 Å². The van der Waals surface area contributed by atoms with Crippen molar-refractivity contribution >= 4 is 29.0 Å². The van der Waals surface area contributed by atoms with Gasteiger partial charge < -0.3 is 0 Å². The quantitative estimate of drug-likeness (QED) is 0.559. The predicted octanol–water partition coefficient (Wildman–Crippen LogP) is 3.97. The van der Waals surface area contributed by atoms with Gasteiger partial charge in [0.25, 0.3) is 0 Å². The van der Waals surface area contributed by atoms with Crippen LogP contribution in [0.5, 0.6) is 0 Å². The van der Waals surface area contributed by atoms with Crippen molar-refractivity contribution in [1.82, 2.24) is 0 Å². The predicted molar refractivity (Wildman–Crippen MR) is 55.6 cm³/mol. The van der Waals surface area contributed by atoms with Crippen molar-refractivity contribution in [1.29, 1.82) is 0 Å². The minimum absolute atomic E-state index is 0.00519. The SMILES string of the molecule is CC(C)C(=O)c1ccc(Cl)c(Cl)c1F. The molecule has 0 aromatic heterocycles. The summed E-state index contributed by atoms with van der Waals surface area (Å²) in [5.74, 6) is -1.28. The Morgan fingerprint density at radius 3 is 2.43 bits per heavy atom. The smallest absolute Gasteiger partial charge is 0.168 e. The zero-order chi connectivity index (χ0) is 10.9. The molecule has 0 aliphatic rings. The molecule has 0 N–H and O–H groups in total. The van der Waals surface area contributed by atoms with Crippen molar-refractivity contribution < 1.29 is 9.18 Å². The first-order chi connectivity index (χ1) is 6.45. The largest absolute Gasteiger partial charge is 0.294 e. The molecule has 0 saturated carbocycles. The molecule has 0 aliphatic heterocycles. The van der Waals surface area contributed by atoms with Gasteiger partial charge in [0, 0.05) is 5.92 Å². The first kappa shape index (κ1) is 11.5. The molecule has 0 heterocycles. The number of rotatable bonds is 2. The molecule has 0 bridgehead atoms. The van der Waals surface area contributed by atoms with Crippen LogP contribution in [0.25, 0.3) is 0 Å². The lowest BCUT2D eigenvalue weighted by Crippen LogP contribution is -2.09. The third-order valence-corrected chi connectivity index (χ3v) is 2.61. The highest BCUT2D eigenvalue weighted by Gasteiger charge is 2.18. The van der Waals surface area contributed by atoms with E-state index in [0.29, 0.717) is 0 Å². The van der Waals surface area contributed by atoms with Crippen LogP contribution in [-0.4, -0.2) is 5.78 Å². The van der Waals surface area contributed by atoms with Crippen molar-refractivity contribution in [2.75, 3.05) is 0 Å². The zero-order valence-electron chi connectivity index (χ0n) is 7.77. The van der Waals surface area contributed by atoms with E-state index in [1.54, 1.807) is 13.8 Å². The van der Waals surface area contributed by atoms with E-state index in [0.717, 1.165) is 0 Å². The molecule has 14 heavy (non-hydrogen) atoms. The lowest BCUT2D eigenvalue weighted by atomic mass is 10.0. The second-order valence-corrected chi connectivity index (χ2v) is 4.03. The Hall–Kier alpha value is -0.600. The molecular formula is C10H9Cl2FO. The Bertz CT molecular complexity index is 375. The molecular weight excluding hydrogens is 226 g/mol. The molecule has 0 spiro atoms. The van der Waals surface area contributed by atoms with Gasteiger partial charge >= 0.3 is 0 Å². The minimum atomic E-state index is -0.738. The normalized spacial score (nSPS) is 10.7. The fourth-order valence-electron chi connectivity index (χ4n) is 1.03. The van der Waals surface area contributed by atoms with E-state index in [-0.39, 0.29) is 27.3 Å². The Morgan fingerprint density at radius 1 is 1.36 bits per heavy atom. The van der Waals surface area contributed by atoms with Crippen molar-refractivity contribution in [2.45, 2.75) is 13.8 Å². The van der Waals surface area contributed by atoms with E-state index in [1.807, 2.05) is 0 Å². The van der Waals surface area contributed by atoms with Gasteiger partial charge in [-0.25, -0.2) is 4.39 Å². The summed E-state index contributed by atoms with van der Waals surface area (Å²) in [5, 5.41) is -0.0809. The number of benzene rings is 1. The summed E-state index contributed by atoms with van der Waals surface area (Å²) in [6.45, 7) is 3.40. The van der Waals surface area contributed by atoms with Gasteiger partial charge in [-0.15, -0.1) is 0 Å². The summed E-state index contributed by atoms with van der Waals surface area (Å²) in [6, 6.07) is 2.77. The van der Waals surface area contributed by atoms with E-state index >= 15 is 0 Å². The Morgan fingerprint density at radius 2 is 1.93 bits per heavy atom. The van der Waals surface area contributed by atoms with Gasteiger partial charge in [-0.1, -0.05) is 37.0 Å². The maximum Gasteiger partial charge on any atom is 0.168 e. The molecule has 0 fully saturated rings. The number of carbonyl (C=O) groups is 1. The fraction of sp³-hybridized carbons (Fsp3) is 0.300. The third-order valence-electron chi connectivity index (χ3n) is 1.83. The third kappa shape index (κ3) is 2.07. The number of carbonyl (C=O) groups excluding carboxylic acids is 1. The van der Waals surface area contributed by atoms with Crippen LogP contribution in [0.15, 0.2) is 12.1 Å². The number of ketones is 1. The van der Waals surface area contributed by atoms with E-state index < -0.39 is 5.82 Å². The first-order valence-electron chi connectivity index (χ1n) is 4.13. The van der Waals surface area contributed by atoms with Crippen LogP contribution >= 0.6 is 23.2 Å². The first-order valence-corrected chi connectivity index (χ1v) is 4.88. The second kappa shape index (κ2) is 4.28. The van der Waals surface area contributed by atoms with Crippen molar-refractivity contribution in [2.24, 2.45) is 5.92 Å². The van der Waals surface area contributed by atoms with E-state index in [4.69, 9.17) is 23.2 Å². The molecule has 0 amide bonds. The van der Waals surface area contributed by atoms with Gasteiger partial charge in [0.2, 0.25) is 0 Å². The summed E-state index contributed by atoms with van der Waals surface area (Å²) < 4.78 is 13.4. The van der Waals surface area contributed by atoms with Crippen molar-refractivity contribution in [3.63, 3.8) is 0 Å². The van der Waals surface area contributed by atoms with E-state index in [2.05, 4.69) is 0 Å². The molecule has 1 rings (SSSR count). The van der Waals surface area contributed by atoms with Gasteiger partial charge in [-0.3, -0.25) is 4.79 Å². The van der Waals surface area contributed by atoms with Crippen LogP contribution in [0.2, 0.25) is 10.0 Å². The Balaban J connectivity index is 3.24. The van der Waals surface area contributed by atoms with E-state index in [9.17, 15) is 9.18 Å². The van der Waals surface area contributed by atoms with Crippen LogP contribution in [0, 0.1) is 11.7 Å². The number of hydrogen-bond donors (Lipinski definition) is 0. The molecule has 1 aromatic carbocycles. The molecule has 1 aromatic rings. The van der Waals surface area contributed by atoms with Gasteiger partial charge in [0.15, 0.2) is 11.6 Å². The summed E-state index contributed by atoms with van der Waals surface area (Å²) >= 11 is 11.2. The molecule has 0 radical (unpaired) electrons. The summed E-state index contributed by atoms with van der Waals surface area (Å²) in [4.78, 5) is 11.5. The molecule has 0 atom stereocenters. The lowest BCUT2D eigenvalue weighted by Gasteiger charge is -2.07.